The van der Waals surface area contributed by atoms with Crippen molar-refractivity contribution in [3.8, 4) is 0 Å². The lowest BCUT2D eigenvalue weighted by Crippen LogP contribution is -2.32. The number of hydrogen-bond donors (Lipinski definition) is 1. The van der Waals surface area contributed by atoms with Crippen LogP contribution in [0.3, 0.4) is 0 Å². The Labute approximate surface area is 216 Å². The quantitative estimate of drug-likeness (QED) is 0.408. The maximum absolute atomic E-state index is 13.0. The molecule has 1 fully saturated rings. The molecule has 0 bridgehead atoms. The van der Waals surface area contributed by atoms with Gasteiger partial charge in [0.15, 0.2) is 0 Å². The number of carbonyl (C=O) groups excluding carboxylic acids is 2. The molecule has 0 saturated heterocycles. The summed E-state index contributed by atoms with van der Waals surface area (Å²) in [5.41, 5.74) is 3.24. The van der Waals surface area contributed by atoms with Crippen molar-refractivity contribution in [2.75, 3.05) is 30.5 Å². The first-order valence-electron chi connectivity index (χ1n) is 11.8. The van der Waals surface area contributed by atoms with Gasteiger partial charge in [-0.25, -0.2) is 15.2 Å². The first-order chi connectivity index (χ1) is 17.3. The van der Waals surface area contributed by atoms with Gasteiger partial charge in [0.25, 0.3) is 16.0 Å². The van der Waals surface area contributed by atoms with Gasteiger partial charge in [-0.3, -0.25) is 4.79 Å². The largest absolute Gasteiger partial charge is 0.449 e. The molecule has 0 heterocycles. The molecule has 1 aliphatic carbocycles. The van der Waals surface area contributed by atoms with E-state index in [1.807, 2.05) is 35.8 Å². The normalized spacial score (nSPS) is 17.8. The van der Waals surface area contributed by atoms with E-state index in [-0.39, 0.29) is 24.2 Å². The van der Waals surface area contributed by atoms with Crippen molar-refractivity contribution in [3.05, 3.63) is 59.6 Å². The highest BCUT2D eigenvalue weighted by molar-refractivity contribution is 7.86. The van der Waals surface area contributed by atoms with Crippen molar-refractivity contribution >= 4 is 45.1 Å². The van der Waals surface area contributed by atoms with Gasteiger partial charge in [0.05, 0.1) is 30.3 Å². The molecule has 196 valence electrons. The zero-order valence-corrected chi connectivity index (χ0v) is 21.7. The number of carbonyl (C=O) groups is 2. The van der Waals surface area contributed by atoms with Crippen LogP contribution in [0.5, 0.6) is 0 Å². The molecule has 0 aromatic heterocycles. The average Bonchev–Trinajstić information content (AvgIpc) is 2.89. The van der Waals surface area contributed by atoms with Crippen LogP contribution in [0, 0.1) is 11.8 Å². The van der Waals surface area contributed by atoms with Gasteiger partial charge in [-0.15, -0.1) is 4.28 Å². The number of anilines is 2. The van der Waals surface area contributed by atoms with E-state index in [2.05, 4.69) is 4.28 Å². The summed E-state index contributed by atoms with van der Waals surface area (Å²) in [5, 5.41) is 0.583. The Bertz CT molecular complexity index is 1090. The van der Waals surface area contributed by atoms with E-state index in [9.17, 15) is 18.0 Å². The van der Waals surface area contributed by atoms with Crippen LogP contribution in [-0.4, -0.2) is 46.0 Å². The summed E-state index contributed by atoms with van der Waals surface area (Å²) in [6, 6.07) is 16.3. The lowest BCUT2D eigenvalue weighted by molar-refractivity contribution is -0.132. The number of benzene rings is 2. The molecule has 0 unspecified atom stereocenters. The summed E-state index contributed by atoms with van der Waals surface area (Å²) in [4.78, 5) is 26.2. The van der Waals surface area contributed by atoms with Crippen LogP contribution >= 0.6 is 11.6 Å². The molecule has 2 amide bonds. The van der Waals surface area contributed by atoms with Crippen LogP contribution in [-0.2, 0) is 28.7 Å². The predicted molar refractivity (Wildman–Crippen MR) is 136 cm³/mol. The molecule has 36 heavy (non-hydrogen) atoms. The van der Waals surface area contributed by atoms with Gasteiger partial charge in [0, 0.05) is 5.02 Å². The van der Waals surface area contributed by atoms with Crippen LogP contribution in [0.15, 0.2) is 54.6 Å². The molecule has 1 N–H and O–H groups in total. The fourth-order valence-corrected chi connectivity index (χ4v) is 4.33. The van der Waals surface area contributed by atoms with E-state index in [1.165, 1.54) is 11.8 Å². The standard InChI is InChI=1S/C25H31ClN2O7S/c1-2-36(31,32)35-27-24(29)18-33-16-19-8-10-20(11-9-19)17-34-25(30)28(22-6-4-3-5-7-22)23-14-12-21(26)13-15-23/h3-7,12-15,19-20H,2,8-11,16-18H2,1H3,(H,27,29). The number of halogens is 1. The van der Waals surface area contributed by atoms with Crippen LogP contribution < -0.4 is 10.4 Å². The molecule has 11 heteroatoms. The Morgan fingerprint density at radius 3 is 2.14 bits per heavy atom. The SMILES string of the molecule is CCS(=O)(=O)ONC(=O)COCC1CCC(COC(=O)N(c2ccccc2)c2ccc(Cl)cc2)CC1. The monoisotopic (exact) mass is 538 g/mol. The first-order valence-corrected chi connectivity index (χ1v) is 13.8. The number of hydroxylamine groups is 1. The molecule has 2 aromatic carbocycles. The number of hydrogen-bond acceptors (Lipinski definition) is 7. The molecule has 2 aromatic rings. The van der Waals surface area contributed by atoms with E-state index in [0.29, 0.717) is 29.6 Å². The smallest absolute Gasteiger partial charge is 0.418 e. The second-order valence-electron chi connectivity index (χ2n) is 8.58. The van der Waals surface area contributed by atoms with E-state index >= 15 is 0 Å². The molecule has 9 nitrogen and oxygen atoms in total. The van der Waals surface area contributed by atoms with E-state index in [1.54, 1.807) is 24.3 Å². The van der Waals surface area contributed by atoms with Crippen molar-refractivity contribution in [3.63, 3.8) is 0 Å². The Hall–Kier alpha value is -2.66. The molecule has 0 spiro atoms. The van der Waals surface area contributed by atoms with Gasteiger partial charge < -0.3 is 9.47 Å². The van der Waals surface area contributed by atoms with Crippen LogP contribution in [0.1, 0.15) is 32.6 Å². The lowest BCUT2D eigenvalue weighted by atomic mass is 9.83. The maximum atomic E-state index is 13.0. The zero-order chi connectivity index (χ0) is 26.0. The van der Waals surface area contributed by atoms with Crippen LogP contribution in [0.4, 0.5) is 16.2 Å². The molecule has 0 radical (unpaired) electrons. The molecule has 0 aliphatic heterocycles. The fraction of sp³-hybridized carbons (Fsp3) is 0.440. The third kappa shape index (κ3) is 8.77. The zero-order valence-electron chi connectivity index (χ0n) is 20.1. The Kier molecular flexibility index (Phi) is 10.5. The maximum Gasteiger partial charge on any atom is 0.418 e. The minimum Gasteiger partial charge on any atom is -0.449 e. The Balaban J connectivity index is 1.42. The summed E-state index contributed by atoms with van der Waals surface area (Å²) < 4.78 is 37.9. The molecular weight excluding hydrogens is 508 g/mol. The highest BCUT2D eigenvalue weighted by Crippen LogP contribution is 2.31. The van der Waals surface area contributed by atoms with Gasteiger partial charge >= 0.3 is 6.09 Å². The highest BCUT2D eigenvalue weighted by Gasteiger charge is 2.25. The first kappa shape index (κ1) is 27.9. The van der Waals surface area contributed by atoms with E-state index < -0.39 is 22.1 Å². The topological polar surface area (TPSA) is 111 Å². The van der Waals surface area contributed by atoms with E-state index in [4.69, 9.17) is 21.1 Å². The Morgan fingerprint density at radius 2 is 1.53 bits per heavy atom. The summed E-state index contributed by atoms with van der Waals surface area (Å²) in [5.74, 6) is -0.377. The van der Waals surface area contributed by atoms with Crippen molar-refractivity contribution in [2.45, 2.75) is 32.6 Å². The van der Waals surface area contributed by atoms with Gasteiger partial charge in [-0.1, -0.05) is 29.8 Å². The van der Waals surface area contributed by atoms with Crippen LogP contribution in [0.2, 0.25) is 5.02 Å². The third-order valence-corrected chi connectivity index (χ3v) is 7.21. The second kappa shape index (κ2) is 13.6. The predicted octanol–water partition coefficient (Wildman–Crippen LogP) is 4.84. The number of rotatable bonds is 11. The number of nitrogens with one attached hydrogen (secondary N) is 1. The average molecular weight is 539 g/mol. The fourth-order valence-electron chi connectivity index (χ4n) is 3.86. The van der Waals surface area contributed by atoms with Gasteiger partial charge in [-0.05, 0) is 80.8 Å². The number of para-hydroxylation sites is 1. The minimum atomic E-state index is -3.75. The van der Waals surface area contributed by atoms with Crippen molar-refractivity contribution in [1.82, 2.24) is 5.48 Å². The third-order valence-electron chi connectivity index (χ3n) is 5.91. The molecule has 1 saturated carbocycles. The number of ether oxygens (including phenoxy) is 2. The number of nitrogens with zero attached hydrogens (tertiary/aromatic N) is 1. The van der Waals surface area contributed by atoms with Crippen molar-refractivity contribution < 1.29 is 31.8 Å². The highest BCUT2D eigenvalue weighted by atomic mass is 35.5. The lowest BCUT2D eigenvalue weighted by Gasteiger charge is -2.29. The second-order valence-corrected chi connectivity index (χ2v) is 10.9. The van der Waals surface area contributed by atoms with Crippen molar-refractivity contribution in [2.24, 2.45) is 11.8 Å². The molecule has 1 aliphatic rings. The summed E-state index contributed by atoms with van der Waals surface area (Å²) in [6.45, 7) is 1.83. The summed E-state index contributed by atoms with van der Waals surface area (Å²) >= 11 is 6.01. The van der Waals surface area contributed by atoms with Crippen LogP contribution in [0.25, 0.3) is 0 Å². The van der Waals surface area contributed by atoms with Crippen molar-refractivity contribution in [1.29, 1.82) is 0 Å². The number of amides is 2. The summed E-state index contributed by atoms with van der Waals surface area (Å²) in [6.07, 6.45) is 3.05. The van der Waals surface area contributed by atoms with Gasteiger partial charge in [0.2, 0.25) is 0 Å². The molecular formula is C25H31ClN2O7S. The van der Waals surface area contributed by atoms with Gasteiger partial charge in [0.1, 0.15) is 6.61 Å². The minimum absolute atomic E-state index is 0.238. The molecule has 3 rings (SSSR count). The molecule has 0 atom stereocenters. The summed E-state index contributed by atoms with van der Waals surface area (Å²) in [7, 11) is -3.75. The van der Waals surface area contributed by atoms with Gasteiger partial charge in [-0.2, -0.15) is 8.42 Å². The Morgan fingerprint density at radius 1 is 0.944 bits per heavy atom. The van der Waals surface area contributed by atoms with E-state index in [0.717, 1.165) is 25.7 Å².